The highest BCUT2D eigenvalue weighted by Crippen LogP contribution is 2.27. The summed E-state index contributed by atoms with van der Waals surface area (Å²) < 4.78 is 0.840. The van der Waals surface area contributed by atoms with E-state index >= 15 is 0 Å². The maximum atomic E-state index is 12.1. The van der Waals surface area contributed by atoms with E-state index in [1.54, 1.807) is 12.1 Å². The maximum Gasteiger partial charge on any atom is 0.279 e. The van der Waals surface area contributed by atoms with Crippen LogP contribution in [-0.2, 0) is 16.0 Å². The molecule has 1 unspecified atom stereocenters. The molecule has 0 aliphatic carbocycles. The molecule has 1 atom stereocenters. The lowest BCUT2D eigenvalue weighted by molar-refractivity contribution is -0.123. The highest BCUT2D eigenvalue weighted by atomic mass is 79.9. The van der Waals surface area contributed by atoms with Crippen molar-refractivity contribution in [3.8, 4) is 0 Å². The van der Waals surface area contributed by atoms with Crippen molar-refractivity contribution < 1.29 is 14.4 Å². The van der Waals surface area contributed by atoms with E-state index in [1.807, 2.05) is 24.3 Å². The Morgan fingerprint density at radius 1 is 1.20 bits per heavy atom. The van der Waals surface area contributed by atoms with Crippen LogP contribution in [0.4, 0.5) is 5.69 Å². The van der Waals surface area contributed by atoms with Gasteiger partial charge in [0, 0.05) is 18.0 Å². The van der Waals surface area contributed by atoms with Crippen LogP contribution >= 0.6 is 27.3 Å². The van der Waals surface area contributed by atoms with E-state index in [0.29, 0.717) is 17.7 Å². The van der Waals surface area contributed by atoms with Gasteiger partial charge in [-0.1, -0.05) is 18.2 Å². The fraction of sp³-hybridized carbons (Fsp3) is 0.235. The molecule has 0 bridgehead atoms. The average molecular weight is 422 g/mol. The first kappa shape index (κ1) is 17.6. The largest absolute Gasteiger partial charge is 0.326 e. The van der Waals surface area contributed by atoms with Gasteiger partial charge in [0.25, 0.3) is 5.91 Å². The topological polar surface area (TPSA) is 87.3 Å². The predicted molar refractivity (Wildman–Crippen MR) is 99.1 cm³/mol. The summed E-state index contributed by atoms with van der Waals surface area (Å²) in [5, 5.41) is 2.86. The smallest absolute Gasteiger partial charge is 0.279 e. The number of rotatable bonds is 4. The molecular weight excluding hydrogens is 406 g/mol. The Morgan fingerprint density at radius 3 is 2.76 bits per heavy atom. The molecule has 2 aromatic rings. The molecule has 8 heteroatoms. The Balaban J connectivity index is 1.46. The minimum absolute atomic E-state index is 0.0704. The third kappa shape index (κ3) is 4.46. The number of fused-ring (bicyclic) bond motifs is 1. The van der Waals surface area contributed by atoms with Gasteiger partial charge in [-0.3, -0.25) is 25.2 Å². The lowest BCUT2D eigenvalue weighted by Gasteiger charge is -2.24. The van der Waals surface area contributed by atoms with E-state index in [-0.39, 0.29) is 30.1 Å². The number of anilines is 1. The molecule has 6 nitrogen and oxygen atoms in total. The number of thiophene rings is 1. The molecule has 0 saturated heterocycles. The van der Waals surface area contributed by atoms with Gasteiger partial charge in [0.15, 0.2) is 0 Å². The minimum atomic E-state index is -0.367. The van der Waals surface area contributed by atoms with Crippen molar-refractivity contribution in [2.75, 3.05) is 5.32 Å². The summed E-state index contributed by atoms with van der Waals surface area (Å²) in [5.74, 6) is -1.01. The molecule has 25 heavy (non-hydrogen) atoms. The molecule has 3 amide bonds. The summed E-state index contributed by atoms with van der Waals surface area (Å²) in [4.78, 5) is 36.4. The van der Waals surface area contributed by atoms with Crippen LogP contribution < -0.4 is 16.2 Å². The van der Waals surface area contributed by atoms with Gasteiger partial charge in [-0.15, -0.1) is 11.3 Å². The zero-order valence-electron chi connectivity index (χ0n) is 13.2. The monoisotopic (exact) mass is 421 g/mol. The summed E-state index contributed by atoms with van der Waals surface area (Å²) >= 11 is 4.56. The van der Waals surface area contributed by atoms with Crippen LogP contribution in [0.25, 0.3) is 0 Å². The first-order valence-electron chi connectivity index (χ1n) is 7.76. The number of halogens is 1. The number of carbonyl (C=O) groups excluding carboxylic acids is 3. The van der Waals surface area contributed by atoms with Gasteiger partial charge in [0.05, 0.1) is 8.66 Å². The van der Waals surface area contributed by atoms with Crippen molar-refractivity contribution in [2.24, 2.45) is 5.92 Å². The Morgan fingerprint density at radius 2 is 2.00 bits per heavy atom. The summed E-state index contributed by atoms with van der Waals surface area (Å²) in [6, 6.07) is 11.1. The molecule has 1 aliphatic rings. The molecule has 1 aromatic heterocycles. The second kappa shape index (κ2) is 7.79. The Hall–Kier alpha value is -2.19. The van der Waals surface area contributed by atoms with E-state index in [0.717, 1.165) is 15.0 Å². The van der Waals surface area contributed by atoms with Crippen LogP contribution in [0, 0.1) is 5.92 Å². The normalized spacial score (nSPS) is 15.9. The van der Waals surface area contributed by atoms with Crippen molar-refractivity contribution in [2.45, 2.75) is 19.3 Å². The molecular formula is C17H16BrN3O3S. The van der Waals surface area contributed by atoms with Crippen molar-refractivity contribution in [1.82, 2.24) is 10.9 Å². The van der Waals surface area contributed by atoms with Crippen molar-refractivity contribution in [1.29, 1.82) is 0 Å². The van der Waals surface area contributed by atoms with Crippen LogP contribution in [0.2, 0.25) is 0 Å². The number of hydrazine groups is 1. The first-order valence-corrected chi connectivity index (χ1v) is 9.37. The molecule has 1 aliphatic heterocycles. The SMILES string of the molecule is O=C(CCC1Cc2ccccc2NC1=O)NNC(=O)c1ccc(Br)s1. The third-order valence-corrected chi connectivity index (χ3v) is 5.57. The summed E-state index contributed by atoms with van der Waals surface area (Å²) in [6.07, 6.45) is 1.20. The van der Waals surface area contributed by atoms with E-state index in [1.165, 1.54) is 11.3 Å². The van der Waals surface area contributed by atoms with Gasteiger partial charge >= 0.3 is 0 Å². The second-order valence-corrected chi connectivity index (χ2v) is 8.16. The molecule has 2 heterocycles. The number of nitrogens with one attached hydrogen (secondary N) is 3. The molecule has 3 N–H and O–H groups in total. The van der Waals surface area contributed by atoms with Gasteiger partial charge in [-0.25, -0.2) is 0 Å². The zero-order valence-corrected chi connectivity index (χ0v) is 15.6. The van der Waals surface area contributed by atoms with Gasteiger partial charge in [-0.05, 0) is 52.5 Å². The van der Waals surface area contributed by atoms with Gasteiger partial charge in [0.1, 0.15) is 0 Å². The summed E-state index contributed by atoms with van der Waals surface area (Å²) in [5.41, 5.74) is 6.67. The van der Waals surface area contributed by atoms with Crippen LogP contribution in [0.15, 0.2) is 40.2 Å². The van der Waals surface area contributed by atoms with Crippen molar-refractivity contribution in [3.05, 3.63) is 50.6 Å². The second-order valence-electron chi connectivity index (χ2n) is 5.69. The van der Waals surface area contributed by atoms with Crippen LogP contribution in [0.1, 0.15) is 28.1 Å². The summed E-state index contributed by atoms with van der Waals surface area (Å²) in [7, 11) is 0. The van der Waals surface area contributed by atoms with Gasteiger partial charge < -0.3 is 5.32 Å². The number of benzene rings is 1. The molecule has 3 rings (SSSR count). The average Bonchev–Trinajstić information content (AvgIpc) is 3.04. The van der Waals surface area contributed by atoms with E-state index in [4.69, 9.17) is 0 Å². The van der Waals surface area contributed by atoms with Crippen LogP contribution in [0.3, 0.4) is 0 Å². The molecule has 0 spiro atoms. The van der Waals surface area contributed by atoms with Crippen molar-refractivity contribution in [3.63, 3.8) is 0 Å². The van der Waals surface area contributed by atoms with E-state index < -0.39 is 0 Å². The number of amides is 3. The fourth-order valence-electron chi connectivity index (χ4n) is 2.64. The number of para-hydroxylation sites is 1. The summed E-state index contributed by atoms with van der Waals surface area (Å²) in [6.45, 7) is 0. The Kier molecular flexibility index (Phi) is 5.50. The Bertz CT molecular complexity index is 821. The molecule has 0 radical (unpaired) electrons. The van der Waals surface area contributed by atoms with Crippen LogP contribution in [-0.4, -0.2) is 17.7 Å². The Labute approximate surface area is 157 Å². The first-order chi connectivity index (χ1) is 12.0. The highest BCUT2D eigenvalue weighted by Gasteiger charge is 2.26. The van der Waals surface area contributed by atoms with Gasteiger partial charge in [-0.2, -0.15) is 0 Å². The quantitative estimate of drug-likeness (QED) is 0.663. The molecule has 0 saturated carbocycles. The van der Waals surface area contributed by atoms with E-state index in [2.05, 4.69) is 32.1 Å². The lowest BCUT2D eigenvalue weighted by Crippen LogP contribution is -2.41. The fourth-order valence-corrected chi connectivity index (χ4v) is 3.92. The molecule has 0 fully saturated rings. The molecule has 130 valence electrons. The zero-order chi connectivity index (χ0) is 17.8. The van der Waals surface area contributed by atoms with Crippen LogP contribution in [0.5, 0.6) is 0 Å². The molecule has 1 aromatic carbocycles. The van der Waals surface area contributed by atoms with Gasteiger partial charge in [0.2, 0.25) is 11.8 Å². The predicted octanol–water partition coefficient (Wildman–Crippen LogP) is 2.86. The minimum Gasteiger partial charge on any atom is -0.326 e. The standard InChI is InChI=1S/C17H16BrN3O3S/c18-14-7-6-13(25-14)17(24)21-20-15(22)8-5-11-9-10-3-1-2-4-12(10)19-16(11)23/h1-4,6-7,11H,5,8-9H2,(H,19,23)(H,20,22)(H,21,24). The number of carbonyl (C=O) groups is 3. The number of hydrogen-bond acceptors (Lipinski definition) is 4. The highest BCUT2D eigenvalue weighted by molar-refractivity contribution is 9.11. The third-order valence-electron chi connectivity index (χ3n) is 3.94. The number of hydrogen-bond donors (Lipinski definition) is 3. The lowest BCUT2D eigenvalue weighted by atomic mass is 9.89. The van der Waals surface area contributed by atoms with E-state index in [9.17, 15) is 14.4 Å². The van der Waals surface area contributed by atoms with Crippen molar-refractivity contribution >= 4 is 50.7 Å². The maximum absolute atomic E-state index is 12.1.